The number of carbonyl (C=O) groups is 1. The van der Waals surface area contributed by atoms with Crippen molar-refractivity contribution in [3.8, 4) is 0 Å². The molecule has 0 amide bonds. The van der Waals surface area contributed by atoms with Crippen molar-refractivity contribution in [3.05, 3.63) is 35.4 Å². The Hall–Kier alpha value is -1.84. The first-order valence-corrected chi connectivity index (χ1v) is 4.22. The number of nitrogens with zero attached hydrogens (tertiary/aromatic N) is 1. The van der Waals surface area contributed by atoms with Crippen molar-refractivity contribution in [1.82, 2.24) is 0 Å². The molecule has 0 aliphatic carbocycles. The lowest BCUT2D eigenvalue weighted by Gasteiger charge is -2.01. The van der Waals surface area contributed by atoms with Gasteiger partial charge >= 0.3 is 6.29 Å². The van der Waals surface area contributed by atoms with Crippen molar-refractivity contribution in [3.63, 3.8) is 0 Å². The van der Waals surface area contributed by atoms with Crippen molar-refractivity contribution < 1.29 is 14.4 Å². The number of oxime groups is 1. The van der Waals surface area contributed by atoms with E-state index in [0.717, 1.165) is 11.1 Å². The van der Waals surface area contributed by atoms with E-state index in [1.807, 2.05) is 31.2 Å². The molecule has 1 heterocycles. The van der Waals surface area contributed by atoms with Crippen LogP contribution in [0.2, 0.25) is 0 Å². The van der Waals surface area contributed by atoms with Gasteiger partial charge in [-0.2, -0.15) is 0 Å². The fourth-order valence-corrected chi connectivity index (χ4v) is 1.12. The highest BCUT2D eigenvalue weighted by Crippen LogP contribution is 2.12. The highest BCUT2D eigenvalue weighted by molar-refractivity contribution is 5.95. The van der Waals surface area contributed by atoms with Crippen LogP contribution in [0, 0.1) is 6.92 Å². The fourth-order valence-electron chi connectivity index (χ4n) is 1.12. The molecule has 0 N–H and O–H groups in total. The van der Waals surface area contributed by atoms with Gasteiger partial charge in [-0.3, -0.25) is 4.79 Å². The maximum atomic E-state index is 10.3. The summed E-state index contributed by atoms with van der Waals surface area (Å²) >= 11 is 0. The van der Waals surface area contributed by atoms with Gasteiger partial charge in [0, 0.05) is 5.56 Å². The molecule has 0 saturated heterocycles. The molecule has 1 aliphatic heterocycles. The third-order valence-electron chi connectivity index (χ3n) is 1.88. The number of aldehydes is 1. The van der Waals surface area contributed by atoms with Crippen LogP contribution in [0.5, 0.6) is 0 Å². The van der Waals surface area contributed by atoms with E-state index >= 15 is 0 Å². The predicted octanol–water partition coefficient (Wildman–Crippen LogP) is 1.23. The largest absolute Gasteiger partial charge is 0.426 e. The van der Waals surface area contributed by atoms with Gasteiger partial charge in [0.05, 0.1) is 0 Å². The zero-order valence-electron chi connectivity index (χ0n) is 7.64. The molecule has 0 fully saturated rings. The van der Waals surface area contributed by atoms with E-state index in [0.29, 0.717) is 12.2 Å². The molecule has 0 saturated carbocycles. The first-order valence-electron chi connectivity index (χ1n) is 4.22. The lowest BCUT2D eigenvalue weighted by Crippen LogP contribution is -2.13. The molecular weight excluding hydrogens is 182 g/mol. The Labute approximate surface area is 81.1 Å². The molecule has 1 aromatic rings. The van der Waals surface area contributed by atoms with Crippen molar-refractivity contribution >= 4 is 12.2 Å². The Morgan fingerprint density at radius 1 is 1.36 bits per heavy atom. The summed E-state index contributed by atoms with van der Waals surface area (Å²) in [7, 11) is 0. The van der Waals surface area contributed by atoms with Gasteiger partial charge in [-0.05, 0) is 24.2 Å². The summed E-state index contributed by atoms with van der Waals surface area (Å²) < 4.78 is 5.10. The molecule has 1 atom stereocenters. The number of rotatable bonds is 2. The van der Waals surface area contributed by atoms with Gasteiger partial charge in [0.15, 0.2) is 0 Å². The van der Waals surface area contributed by atoms with Gasteiger partial charge in [-0.25, -0.2) is 0 Å². The van der Waals surface area contributed by atoms with Crippen molar-refractivity contribution in [1.29, 1.82) is 0 Å². The van der Waals surface area contributed by atoms with Crippen LogP contribution in [-0.4, -0.2) is 18.5 Å². The minimum Gasteiger partial charge on any atom is -0.426 e. The summed E-state index contributed by atoms with van der Waals surface area (Å²) in [6, 6.07) is 7.61. The van der Waals surface area contributed by atoms with E-state index in [1.54, 1.807) is 0 Å². The maximum Gasteiger partial charge on any atom is 0.323 e. The number of benzene rings is 1. The molecule has 1 aliphatic rings. The fraction of sp³-hybridized carbons (Fsp3) is 0.200. The summed E-state index contributed by atoms with van der Waals surface area (Å²) in [4.78, 5) is 15.0. The number of ether oxygens (including phenoxy) is 1. The molecule has 14 heavy (non-hydrogen) atoms. The second-order valence-electron chi connectivity index (χ2n) is 2.99. The predicted molar refractivity (Wildman–Crippen MR) is 49.7 cm³/mol. The molecule has 0 spiro atoms. The SMILES string of the molecule is Cc1ccc(C2=NOC(C=O)O2)cc1. The normalized spacial score (nSPS) is 19.5. The molecule has 4 heteroatoms. The van der Waals surface area contributed by atoms with Crippen LogP contribution >= 0.6 is 0 Å². The zero-order valence-corrected chi connectivity index (χ0v) is 7.64. The number of carbonyl (C=O) groups excluding carboxylic acids is 1. The molecule has 0 radical (unpaired) electrons. The second-order valence-corrected chi connectivity index (χ2v) is 2.99. The van der Waals surface area contributed by atoms with E-state index in [9.17, 15) is 4.79 Å². The van der Waals surface area contributed by atoms with Gasteiger partial charge in [0.2, 0.25) is 6.29 Å². The number of aryl methyl sites for hydroxylation is 1. The second kappa shape index (κ2) is 3.49. The molecule has 1 aromatic carbocycles. The third-order valence-corrected chi connectivity index (χ3v) is 1.88. The van der Waals surface area contributed by atoms with Crippen LogP contribution in [0.4, 0.5) is 0 Å². The van der Waals surface area contributed by atoms with Gasteiger partial charge < -0.3 is 9.57 Å². The summed E-state index contributed by atoms with van der Waals surface area (Å²) in [5.74, 6) is 0.349. The van der Waals surface area contributed by atoms with E-state index in [4.69, 9.17) is 9.57 Å². The van der Waals surface area contributed by atoms with Crippen LogP contribution in [-0.2, 0) is 14.4 Å². The standard InChI is InChI=1S/C10H9NO3/c1-7-2-4-8(5-3-7)10-11-14-9(6-12)13-10/h2-6,9H,1H3. The molecule has 4 nitrogen and oxygen atoms in total. The average Bonchev–Trinajstić information content (AvgIpc) is 2.67. The number of hydrogen-bond acceptors (Lipinski definition) is 4. The molecular formula is C10H9NO3. The maximum absolute atomic E-state index is 10.3. The van der Waals surface area contributed by atoms with Gasteiger partial charge in [-0.15, -0.1) is 0 Å². The smallest absolute Gasteiger partial charge is 0.323 e. The Bertz CT molecular complexity index is 369. The quantitative estimate of drug-likeness (QED) is 0.660. The van der Waals surface area contributed by atoms with Gasteiger partial charge in [0.1, 0.15) is 0 Å². The van der Waals surface area contributed by atoms with E-state index < -0.39 is 6.29 Å². The van der Waals surface area contributed by atoms with Crippen LogP contribution in [0.3, 0.4) is 0 Å². The van der Waals surface area contributed by atoms with E-state index in [1.165, 1.54) is 0 Å². The molecule has 1 unspecified atom stereocenters. The first-order chi connectivity index (χ1) is 6.79. The molecule has 0 aromatic heterocycles. The average molecular weight is 191 g/mol. The Balaban J connectivity index is 2.17. The minimum atomic E-state index is -0.897. The Kier molecular flexibility index (Phi) is 2.18. The van der Waals surface area contributed by atoms with Gasteiger partial charge in [-0.1, -0.05) is 17.7 Å². The van der Waals surface area contributed by atoms with Crippen LogP contribution in [0.15, 0.2) is 29.4 Å². The summed E-state index contributed by atoms with van der Waals surface area (Å²) in [5, 5.41) is 3.65. The summed E-state index contributed by atoms with van der Waals surface area (Å²) in [6.07, 6.45) is -0.337. The van der Waals surface area contributed by atoms with E-state index in [-0.39, 0.29) is 0 Å². The monoisotopic (exact) mass is 191 g/mol. The van der Waals surface area contributed by atoms with E-state index in [2.05, 4.69) is 5.16 Å². The highest BCUT2D eigenvalue weighted by Gasteiger charge is 2.21. The summed E-state index contributed by atoms with van der Waals surface area (Å²) in [6.45, 7) is 1.99. The lowest BCUT2D eigenvalue weighted by molar-refractivity contribution is -0.131. The first kappa shape index (κ1) is 8.74. The molecule has 72 valence electrons. The van der Waals surface area contributed by atoms with Crippen LogP contribution in [0.1, 0.15) is 11.1 Å². The third kappa shape index (κ3) is 1.59. The van der Waals surface area contributed by atoms with Crippen molar-refractivity contribution in [2.24, 2.45) is 5.16 Å². The zero-order chi connectivity index (χ0) is 9.97. The lowest BCUT2D eigenvalue weighted by atomic mass is 10.1. The van der Waals surface area contributed by atoms with Crippen molar-refractivity contribution in [2.45, 2.75) is 13.2 Å². The van der Waals surface area contributed by atoms with Crippen molar-refractivity contribution in [2.75, 3.05) is 0 Å². The molecule has 2 rings (SSSR count). The van der Waals surface area contributed by atoms with Crippen LogP contribution in [0.25, 0.3) is 0 Å². The Morgan fingerprint density at radius 3 is 2.64 bits per heavy atom. The Morgan fingerprint density at radius 2 is 2.07 bits per heavy atom. The molecule has 0 bridgehead atoms. The minimum absolute atomic E-state index is 0.349. The van der Waals surface area contributed by atoms with Gasteiger partial charge in [0.25, 0.3) is 5.90 Å². The summed E-state index contributed by atoms with van der Waals surface area (Å²) in [5.41, 5.74) is 1.96. The highest BCUT2D eigenvalue weighted by atomic mass is 16.8. The topological polar surface area (TPSA) is 47.9 Å². The number of hydrogen-bond donors (Lipinski definition) is 0. The van der Waals surface area contributed by atoms with Crippen LogP contribution < -0.4 is 0 Å².